The van der Waals surface area contributed by atoms with Gasteiger partial charge in [-0.25, -0.2) is 9.67 Å². The van der Waals surface area contributed by atoms with E-state index >= 15 is 0 Å². The minimum absolute atomic E-state index is 0.0753. The number of hydrogen-bond acceptors (Lipinski definition) is 6. The van der Waals surface area contributed by atoms with Crippen molar-refractivity contribution in [3.8, 4) is 0 Å². The molecule has 1 heterocycles. The zero-order valence-electron chi connectivity index (χ0n) is 11.5. The number of esters is 1. The first kappa shape index (κ1) is 14.9. The molecular formula is C11H19N5O3. The normalized spacial score (nSPS) is 12.8. The molecule has 1 atom stereocenters. The number of aromatic nitrogens is 3. The molecule has 19 heavy (non-hydrogen) atoms. The average Bonchev–Trinajstić information content (AvgIpc) is 2.60. The number of nitrogens with two attached hydrogens (primary N) is 1. The van der Waals surface area contributed by atoms with Crippen molar-refractivity contribution in [2.45, 2.75) is 45.9 Å². The fraction of sp³-hybridized carbons (Fsp3) is 0.636. The molecule has 0 aliphatic heterocycles. The van der Waals surface area contributed by atoms with Gasteiger partial charge in [-0.15, -0.1) is 5.10 Å². The third-order valence-corrected chi connectivity index (χ3v) is 2.02. The molecule has 0 saturated carbocycles. The molecule has 8 nitrogen and oxygen atoms in total. The molecule has 106 valence electrons. The maximum Gasteiger partial charge on any atom is 0.328 e. The van der Waals surface area contributed by atoms with Crippen LogP contribution in [0.3, 0.4) is 0 Å². The molecule has 0 saturated heterocycles. The molecule has 0 aliphatic carbocycles. The lowest BCUT2D eigenvalue weighted by molar-refractivity contribution is -0.156. The minimum Gasteiger partial charge on any atom is -0.451 e. The molecule has 8 heteroatoms. The molecule has 0 radical (unpaired) electrons. The summed E-state index contributed by atoms with van der Waals surface area (Å²) in [4.78, 5) is 27.0. The maximum absolute atomic E-state index is 11.7. The van der Waals surface area contributed by atoms with Gasteiger partial charge in [-0.2, -0.15) is 0 Å². The second kappa shape index (κ2) is 5.68. The summed E-state index contributed by atoms with van der Waals surface area (Å²) >= 11 is 0. The van der Waals surface area contributed by atoms with Crippen LogP contribution in [-0.4, -0.2) is 38.3 Å². The van der Waals surface area contributed by atoms with E-state index in [2.05, 4.69) is 15.4 Å². The number of carbonyl (C=O) groups excluding carboxylic acids is 2. The van der Waals surface area contributed by atoms with E-state index in [0.717, 1.165) is 0 Å². The summed E-state index contributed by atoms with van der Waals surface area (Å²) in [6, 6.07) is 0. The quantitative estimate of drug-likeness (QED) is 0.726. The summed E-state index contributed by atoms with van der Waals surface area (Å²) in [5, 5.41) is 6.47. The van der Waals surface area contributed by atoms with Gasteiger partial charge in [-0.1, -0.05) is 0 Å². The van der Waals surface area contributed by atoms with Crippen LogP contribution in [0.4, 0.5) is 5.95 Å². The fourth-order valence-corrected chi connectivity index (χ4v) is 1.28. The standard InChI is InChI=1S/C11H19N5O3/c1-7(9(18)14-11(2,3)4)19-8(17)5-16-6-13-10(12)15-16/h6-7H,5H2,1-4H3,(H2,12,15)(H,14,18). The smallest absolute Gasteiger partial charge is 0.328 e. The number of hydrogen-bond donors (Lipinski definition) is 2. The van der Waals surface area contributed by atoms with E-state index < -0.39 is 12.1 Å². The lowest BCUT2D eigenvalue weighted by Crippen LogP contribution is -2.46. The van der Waals surface area contributed by atoms with E-state index in [1.54, 1.807) is 0 Å². The van der Waals surface area contributed by atoms with Gasteiger partial charge in [0, 0.05) is 5.54 Å². The Morgan fingerprint density at radius 3 is 2.63 bits per heavy atom. The van der Waals surface area contributed by atoms with Crippen LogP contribution in [0.2, 0.25) is 0 Å². The van der Waals surface area contributed by atoms with Gasteiger partial charge in [-0.05, 0) is 27.7 Å². The summed E-state index contributed by atoms with van der Waals surface area (Å²) in [7, 11) is 0. The Bertz CT molecular complexity index is 463. The monoisotopic (exact) mass is 269 g/mol. The Morgan fingerprint density at radius 2 is 2.16 bits per heavy atom. The van der Waals surface area contributed by atoms with Crippen LogP contribution >= 0.6 is 0 Å². The van der Waals surface area contributed by atoms with Crippen molar-refractivity contribution in [3.05, 3.63) is 6.33 Å². The van der Waals surface area contributed by atoms with Crippen molar-refractivity contribution >= 4 is 17.8 Å². The SMILES string of the molecule is CC(OC(=O)Cn1cnc(N)n1)C(=O)NC(C)(C)C. The Labute approximate surface area is 111 Å². The molecule has 1 rings (SSSR count). The molecule has 1 amide bonds. The Hall–Kier alpha value is -2.12. The highest BCUT2D eigenvalue weighted by Crippen LogP contribution is 2.02. The van der Waals surface area contributed by atoms with Gasteiger partial charge in [0.15, 0.2) is 6.10 Å². The van der Waals surface area contributed by atoms with Crippen LogP contribution in [0.15, 0.2) is 6.33 Å². The van der Waals surface area contributed by atoms with Crippen molar-refractivity contribution in [1.29, 1.82) is 0 Å². The van der Waals surface area contributed by atoms with Crippen molar-refractivity contribution in [2.75, 3.05) is 5.73 Å². The van der Waals surface area contributed by atoms with Crippen LogP contribution in [0.1, 0.15) is 27.7 Å². The Balaban J connectivity index is 2.46. The minimum atomic E-state index is -0.868. The van der Waals surface area contributed by atoms with Gasteiger partial charge in [0.25, 0.3) is 5.91 Å². The Morgan fingerprint density at radius 1 is 1.53 bits per heavy atom. The third-order valence-electron chi connectivity index (χ3n) is 2.02. The van der Waals surface area contributed by atoms with Crippen LogP contribution < -0.4 is 11.1 Å². The number of anilines is 1. The van der Waals surface area contributed by atoms with E-state index in [0.29, 0.717) is 0 Å². The molecule has 1 unspecified atom stereocenters. The highest BCUT2D eigenvalue weighted by molar-refractivity contribution is 5.83. The molecule has 1 aromatic rings. The maximum atomic E-state index is 11.7. The highest BCUT2D eigenvalue weighted by atomic mass is 16.5. The topological polar surface area (TPSA) is 112 Å². The highest BCUT2D eigenvalue weighted by Gasteiger charge is 2.22. The number of carbonyl (C=O) groups is 2. The average molecular weight is 269 g/mol. The number of ether oxygens (including phenoxy) is 1. The van der Waals surface area contributed by atoms with Crippen LogP contribution in [0.5, 0.6) is 0 Å². The van der Waals surface area contributed by atoms with Gasteiger partial charge in [0.1, 0.15) is 12.9 Å². The van der Waals surface area contributed by atoms with E-state index in [4.69, 9.17) is 10.5 Å². The van der Waals surface area contributed by atoms with Crippen LogP contribution in [0, 0.1) is 0 Å². The van der Waals surface area contributed by atoms with Crippen LogP contribution in [0.25, 0.3) is 0 Å². The van der Waals surface area contributed by atoms with Gasteiger partial charge in [0.2, 0.25) is 5.95 Å². The summed E-state index contributed by atoms with van der Waals surface area (Å²) < 4.78 is 6.23. The van der Waals surface area contributed by atoms with Gasteiger partial charge in [-0.3, -0.25) is 9.59 Å². The number of rotatable bonds is 4. The predicted octanol–water partition coefficient (Wildman–Crippen LogP) is -0.293. The summed E-state index contributed by atoms with van der Waals surface area (Å²) in [5.41, 5.74) is 4.94. The van der Waals surface area contributed by atoms with Crippen molar-refractivity contribution in [1.82, 2.24) is 20.1 Å². The van der Waals surface area contributed by atoms with Crippen molar-refractivity contribution in [3.63, 3.8) is 0 Å². The third kappa shape index (κ3) is 5.36. The van der Waals surface area contributed by atoms with E-state index in [1.165, 1.54) is 17.9 Å². The largest absolute Gasteiger partial charge is 0.451 e. The fourth-order valence-electron chi connectivity index (χ4n) is 1.28. The molecular weight excluding hydrogens is 250 g/mol. The number of nitrogen functional groups attached to an aromatic ring is 1. The predicted molar refractivity (Wildman–Crippen MR) is 67.9 cm³/mol. The Kier molecular flexibility index (Phi) is 4.47. The molecule has 0 fully saturated rings. The molecule has 0 aromatic carbocycles. The number of amides is 1. The van der Waals surface area contributed by atoms with E-state index in [-0.39, 0.29) is 23.9 Å². The van der Waals surface area contributed by atoms with Crippen molar-refractivity contribution in [2.24, 2.45) is 0 Å². The molecule has 0 aliphatic rings. The first-order valence-electron chi connectivity index (χ1n) is 5.84. The van der Waals surface area contributed by atoms with Gasteiger partial charge < -0.3 is 15.8 Å². The summed E-state index contributed by atoms with van der Waals surface area (Å²) in [6.07, 6.45) is 0.448. The molecule has 0 bridgehead atoms. The molecule has 0 spiro atoms. The summed E-state index contributed by atoms with van der Waals surface area (Å²) in [5.74, 6) is -0.855. The van der Waals surface area contributed by atoms with E-state index in [9.17, 15) is 9.59 Å². The lowest BCUT2D eigenvalue weighted by Gasteiger charge is -2.23. The zero-order valence-corrected chi connectivity index (χ0v) is 11.5. The van der Waals surface area contributed by atoms with Gasteiger partial charge >= 0.3 is 5.97 Å². The zero-order chi connectivity index (χ0) is 14.6. The summed E-state index contributed by atoms with van der Waals surface area (Å²) in [6.45, 7) is 6.90. The molecule has 3 N–H and O–H groups in total. The second-order valence-corrected chi connectivity index (χ2v) is 5.17. The van der Waals surface area contributed by atoms with Gasteiger partial charge in [0.05, 0.1) is 0 Å². The van der Waals surface area contributed by atoms with E-state index in [1.807, 2.05) is 20.8 Å². The van der Waals surface area contributed by atoms with Crippen molar-refractivity contribution < 1.29 is 14.3 Å². The lowest BCUT2D eigenvalue weighted by atomic mass is 10.1. The number of nitrogens with zero attached hydrogens (tertiary/aromatic N) is 3. The molecule has 1 aromatic heterocycles. The van der Waals surface area contributed by atoms with Crippen LogP contribution in [-0.2, 0) is 20.9 Å². The first-order valence-corrected chi connectivity index (χ1v) is 5.84. The number of nitrogens with one attached hydrogen (secondary N) is 1. The second-order valence-electron chi connectivity index (χ2n) is 5.17. The first-order chi connectivity index (χ1) is 8.67.